The molecule has 0 fully saturated rings. The number of amides is 1. The molecule has 5 nitrogen and oxygen atoms in total. The molecule has 0 heterocycles. The van der Waals surface area contributed by atoms with E-state index in [2.05, 4.69) is 5.32 Å². The summed E-state index contributed by atoms with van der Waals surface area (Å²) in [5.41, 5.74) is 0.845. The molecule has 1 aromatic carbocycles. The van der Waals surface area contributed by atoms with E-state index >= 15 is 0 Å². The Kier molecular flexibility index (Phi) is 7.04. The number of carbonyl (C=O) groups is 1. The van der Waals surface area contributed by atoms with Gasteiger partial charge in [-0.05, 0) is 31.0 Å². The predicted octanol–water partition coefficient (Wildman–Crippen LogP) is 1.66. The highest BCUT2D eigenvalue weighted by atomic mass is 16.5. The Balaban J connectivity index is 2.40. The molecule has 0 aliphatic rings. The van der Waals surface area contributed by atoms with Gasteiger partial charge in [0.2, 0.25) is 0 Å². The minimum Gasteiger partial charge on any atom is -0.484 e. The molecule has 1 rings (SSSR count). The molecule has 20 heavy (non-hydrogen) atoms. The molecule has 0 bridgehead atoms. The Bertz CT molecular complexity index is 405. The van der Waals surface area contributed by atoms with Gasteiger partial charge in [0.1, 0.15) is 5.75 Å². The van der Waals surface area contributed by atoms with Gasteiger partial charge in [-0.25, -0.2) is 0 Å². The van der Waals surface area contributed by atoms with Crippen molar-refractivity contribution < 1.29 is 19.4 Å². The molecule has 5 heteroatoms. The summed E-state index contributed by atoms with van der Waals surface area (Å²) in [7, 11) is 1.59. The Hall–Kier alpha value is -1.59. The lowest BCUT2D eigenvalue weighted by Gasteiger charge is -2.13. The van der Waals surface area contributed by atoms with Crippen LogP contribution in [0.25, 0.3) is 0 Å². The van der Waals surface area contributed by atoms with Gasteiger partial charge in [0, 0.05) is 13.2 Å². The minimum atomic E-state index is -0.456. The van der Waals surface area contributed by atoms with Crippen LogP contribution >= 0.6 is 0 Å². The van der Waals surface area contributed by atoms with E-state index in [1.165, 1.54) is 0 Å². The third-order valence-corrected chi connectivity index (χ3v) is 2.85. The molecule has 0 saturated carbocycles. The summed E-state index contributed by atoms with van der Waals surface area (Å²) < 4.78 is 10.3. The summed E-state index contributed by atoms with van der Waals surface area (Å²) in [6, 6.07) is 7.06. The summed E-state index contributed by atoms with van der Waals surface area (Å²) in [4.78, 5) is 11.6. The van der Waals surface area contributed by atoms with Crippen LogP contribution in [-0.4, -0.2) is 37.4 Å². The van der Waals surface area contributed by atoms with Crippen LogP contribution in [0.5, 0.6) is 5.75 Å². The molecule has 1 aromatic rings. The Morgan fingerprint density at radius 3 is 2.55 bits per heavy atom. The van der Waals surface area contributed by atoms with E-state index in [1.807, 2.05) is 13.8 Å². The van der Waals surface area contributed by atoms with Crippen LogP contribution in [0.4, 0.5) is 0 Å². The van der Waals surface area contributed by atoms with E-state index in [4.69, 9.17) is 9.47 Å². The molecule has 112 valence electrons. The van der Waals surface area contributed by atoms with Gasteiger partial charge in [0.25, 0.3) is 5.91 Å². The second-order valence-corrected chi connectivity index (χ2v) is 4.71. The maximum absolute atomic E-state index is 11.6. The Labute approximate surface area is 119 Å². The zero-order valence-electron chi connectivity index (χ0n) is 12.3. The average molecular weight is 281 g/mol. The number of methoxy groups -OCH3 is 1. The Morgan fingerprint density at radius 1 is 1.35 bits per heavy atom. The fourth-order valence-corrected chi connectivity index (χ4v) is 1.78. The predicted molar refractivity (Wildman–Crippen MR) is 76.7 cm³/mol. The first kappa shape index (κ1) is 16.5. The largest absolute Gasteiger partial charge is 0.484 e. The average Bonchev–Trinajstić information content (AvgIpc) is 2.45. The lowest BCUT2D eigenvalue weighted by Crippen LogP contribution is -2.38. The van der Waals surface area contributed by atoms with Crippen LogP contribution in [0.2, 0.25) is 0 Å². The summed E-state index contributed by atoms with van der Waals surface area (Å²) in [6.07, 6.45) is 0.210. The maximum atomic E-state index is 11.6. The normalized spacial score (nSPS) is 13.6. The van der Waals surface area contributed by atoms with Gasteiger partial charge >= 0.3 is 0 Å². The highest BCUT2D eigenvalue weighted by Crippen LogP contribution is 2.19. The van der Waals surface area contributed by atoms with Crippen LogP contribution in [0, 0.1) is 0 Å². The quantitative estimate of drug-likeness (QED) is 0.760. The zero-order valence-corrected chi connectivity index (χ0v) is 12.3. The molecule has 2 N–H and O–H groups in total. The van der Waals surface area contributed by atoms with Gasteiger partial charge in [-0.3, -0.25) is 4.79 Å². The van der Waals surface area contributed by atoms with E-state index < -0.39 is 6.10 Å². The molecule has 0 spiro atoms. The third-order valence-electron chi connectivity index (χ3n) is 2.85. The van der Waals surface area contributed by atoms with Crippen molar-refractivity contribution in [1.82, 2.24) is 5.32 Å². The fraction of sp³-hybridized carbons (Fsp3) is 0.533. The van der Waals surface area contributed by atoms with Gasteiger partial charge in [0.05, 0.1) is 12.7 Å². The fourth-order valence-electron chi connectivity index (χ4n) is 1.78. The molecule has 0 aliphatic carbocycles. The molecule has 1 amide bonds. The van der Waals surface area contributed by atoms with Gasteiger partial charge < -0.3 is 19.9 Å². The standard InChI is InChI=1S/C15H23NO4/c1-4-14(17)12-5-7-13(8-6-12)20-10-15(18)16-11(2)9-19-3/h5-8,11,14,17H,4,9-10H2,1-3H3,(H,16,18)/t11?,14-/m0/s1. The summed E-state index contributed by atoms with van der Waals surface area (Å²) in [5, 5.41) is 12.4. The molecular formula is C15H23NO4. The molecule has 2 atom stereocenters. The monoisotopic (exact) mass is 281 g/mol. The maximum Gasteiger partial charge on any atom is 0.258 e. The highest BCUT2D eigenvalue weighted by Gasteiger charge is 2.08. The smallest absolute Gasteiger partial charge is 0.258 e. The molecule has 0 aliphatic heterocycles. The molecule has 0 radical (unpaired) electrons. The SMILES string of the molecule is CC[C@H](O)c1ccc(OCC(=O)NC(C)COC)cc1. The summed E-state index contributed by atoms with van der Waals surface area (Å²) >= 11 is 0. The number of hydrogen-bond donors (Lipinski definition) is 2. The van der Waals surface area contributed by atoms with Crippen molar-refractivity contribution in [2.24, 2.45) is 0 Å². The summed E-state index contributed by atoms with van der Waals surface area (Å²) in [5.74, 6) is 0.416. The zero-order chi connectivity index (χ0) is 15.0. The first-order chi connectivity index (χ1) is 9.56. The van der Waals surface area contributed by atoms with Crippen molar-refractivity contribution in [2.45, 2.75) is 32.4 Å². The van der Waals surface area contributed by atoms with Crippen LogP contribution in [-0.2, 0) is 9.53 Å². The first-order valence-corrected chi connectivity index (χ1v) is 6.76. The van der Waals surface area contributed by atoms with Crippen molar-refractivity contribution >= 4 is 5.91 Å². The number of rotatable bonds is 8. The molecule has 0 aromatic heterocycles. The number of ether oxygens (including phenoxy) is 2. The topological polar surface area (TPSA) is 67.8 Å². The van der Waals surface area contributed by atoms with Crippen molar-refractivity contribution in [3.63, 3.8) is 0 Å². The van der Waals surface area contributed by atoms with Gasteiger partial charge in [-0.2, -0.15) is 0 Å². The molecule has 0 saturated heterocycles. The van der Waals surface area contributed by atoms with Crippen LogP contribution in [0.1, 0.15) is 31.9 Å². The molecule has 1 unspecified atom stereocenters. The number of nitrogens with one attached hydrogen (secondary N) is 1. The summed E-state index contributed by atoms with van der Waals surface area (Å²) in [6.45, 7) is 4.21. The third kappa shape index (κ3) is 5.59. The van der Waals surface area contributed by atoms with Crippen molar-refractivity contribution in [3.8, 4) is 5.75 Å². The second kappa shape index (κ2) is 8.55. The Morgan fingerprint density at radius 2 is 2.00 bits per heavy atom. The van der Waals surface area contributed by atoms with Crippen LogP contribution < -0.4 is 10.1 Å². The van der Waals surface area contributed by atoms with Crippen molar-refractivity contribution in [3.05, 3.63) is 29.8 Å². The van der Waals surface area contributed by atoms with Crippen LogP contribution in [0.3, 0.4) is 0 Å². The van der Waals surface area contributed by atoms with Gasteiger partial charge in [0.15, 0.2) is 6.61 Å². The van der Waals surface area contributed by atoms with E-state index in [0.717, 1.165) is 5.56 Å². The van der Waals surface area contributed by atoms with Gasteiger partial charge in [-0.15, -0.1) is 0 Å². The first-order valence-electron chi connectivity index (χ1n) is 6.76. The lowest BCUT2D eigenvalue weighted by molar-refractivity contribution is -0.124. The highest BCUT2D eigenvalue weighted by molar-refractivity contribution is 5.77. The van der Waals surface area contributed by atoms with Crippen LogP contribution in [0.15, 0.2) is 24.3 Å². The second-order valence-electron chi connectivity index (χ2n) is 4.71. The van der Waals surface area contributed by atoms with Crippen molar-refractivity contribution in [1.29, 1.82) is 0 Å². The number of hydrogen-bond acceptors (Lipinski definition) is 4. The number of carbonyl (C=O) groups excluding carboxylic acids is 1. The van der Waals surface area contributed by atoms with E-state index in [9.17, 15) is 9.90 Å². The minimum absolute atomic E-state index is 0.0380. The lowest BCUT2D eigenvalue weighted by atomic mass is 10.1. The number of aliphatic hydroxyl groups is 1. The van der Waals surface area contributed by atoms with E-state index in [1.54, 1.807) is 31.4 Å². The van der Waals surface area contributed by atoms with Crippen molar-refractivity contribution in [2.75, 3.05) is 20.3 Å². The number of aliphatic hydroxyl groups excluding tert-OH is 1. The number of benzene rings is 1. The van der Waals surface area contributed by atoms with Gasteiger partial charge in [-0.1, -0.05) is 19.1 Å². The molecular weight excluding hydrogens is 258 g/mol. The van der Waals surface area contributed by atoms with E-state index in [-0.39, 0.29) is 18.6 Å². The van der Waals surface area contributed by atoms with E-state index in [0.29, 0.717) is 18.8 Å².